The molecule has 0 fully saturated rings. The molecule has 1 aromatic heterocycles. The van der Waals surface area contributed by atoms with Gasteiger partial charge in [0.15, 0.2) is 0 Å². The quantitative estimate of drug-likeness (QED) is 0.893. The lowest BCUT2D eigenvalue weighted by Gasteiger charge is -2.05. The predicted octanol–water partition coefficient (Wildman–Crippen LogP) is 2.33. The van der Waals surface area contributed by atoms with Crippen molar-refractivity contribution in [1.82, 2.24) is 9.71 Å². The lowest BCUT2D eigenvalue weighted by atomic mass is 10.1. The third-order valence-corrected chi connectivity index (χ3v) is 5.07. The standard InChI is InChI=1S/C15H15N3O3S2/c1-10(2)6-14-17-13(9-22-14)15(19)18-23(20,21)12-5-3-4-11(7-12)8-16/h3-5,7,9-10H,6H2,1-2H3,(H,18,19). The molecule has 1 amide bonds. The van der Waals surface area contributed by atoms with Crippen LogP contribution in [0, 0.1) is 17.2 Å². The second-order valence-electron chi connectivity index (χ2n) is 5.30. The van der Waals surface area contributed by atoms with Crippen LogP contribution in [0.2, 0.25) is 0 Å². The highest BCUT2D eigenvalue weighted by molar-refractivity contribution is 7.90. The van der Waals surface area contributed by atoms with Gasteiger partial charge in [-0.15, -0.1) is 11.3 Å². The zero-order valence-corrected chi connectivity index (χ0v) is 14.2. The molecule has 23 heavy (non-hydrogen) atoms. The fourth-order valence-corrected chi connectivity index (χ4v) is 3.82. The first-order valence-corrected chi connectivity index (χ1v) is 9.20. The minimum Gasteiger partial charge on any atom is -0.266 e. The minimum atomic E-state index is -4.04. The molecule has 1 aromatic carbocycles. The van der Waals surface area contributed by atoms with Crippen LogP contribution in [0.25, 0.3) is 0 Å². The van der Waals surface area contributed by atoms with Crippen molar-refractivity contribution in [3.8, 4) is 6.07 Å². The van der Waals surface area contributed by atoms with Crippen molar-refractivity contribution in [2.24, 2.45) is 5.92 Å². The van der Waals surface area contributed by atoms with E-state index in [9.17, 15) is 13.2 Å². The van der Waals surface area contributed by atoms with E-state index in [2.05, 4.69) is 4.98 Å². The van der Waals surface area contributed by atoms with Gasteiger partial charge >= 0.3 is 0 Å². The molecule has 0 aliphatic carbocycles. The van der Waals surface area contributed by atoms with Crippen molar-refractivity contribution in [2.45, 2.75) is 25.2 Å². The van der Waals surface area contributed by atoms with Crippen molar-refractivity contribution < 1.29 is 13.2 Å². The highest BCUT2D eigenvalue weighted by Gasteiger charge is 2.21. The van der Waals surface area contributed by atoms with Crippen LogP contribution in [0.4, 0.5) is 0 Å². The van der Waals surface area contributed by atoms with Crippen LogP contribution >= 0.6 is 11.3 Å². The lowest BCUT2D eigenvalue weighted by Crippen LogP contribution is -2.30. The SMILES string of the molecule is CC(C)Cc1nc(C(=O)NS(=O)(=O)c2cccc(C#N)c2)cs1. The van der Waals surface area contributed by atoms with E-state index in [1.807, 2.05) is 24.6 Å². The van der Waals surface area contributed by atoms with Gasteiger partial charge in [-0.3, -0.25) is 4.79 Å². The highest BCUT2D eigenvalue weighted by atomic mass is 32.2. The highest BCUT2D eigenvalue weighted by Crippen LogP contribution is 2.16. The van der Waals surface area contributed by atoms with Gasteiger partial charge in [0.2, 0.25) is 0 Å². The predicted molar refractivity (Wildman–Crippen MR) is 86.5 cm³/mol. The number of sulfonamides is 1. The van der Waals surface area contributed by atoms with Crippen molar-refractivity contribution in [2.75, 3.05) is 0 Å². The Hall–Kier alpha value is -2.24. The second-order valence-corrected chi connectivity index (χ2v) is 7.92. The summed E-state index contributed by atoms with van der Waals surface area (Å²) in [5.74, 6) is -0.381. The Balaban J connectivity index is 2.18. The van der Waals surface area contributed by atoms with Crippen molar-refractivity contribution >= 4 is 27.3 Å². The minimum absolute atomic E-state index is 0.0747. The Morgan fingerprint density at radius 2 is 2.17 bits per heavy atom. The van der Waals surface area contributed by atoms with E-state index in [4.69, 9.17) is 5.26 Å². The van der Waals surface area contributed by atoms with Crippen LogP contribution < -0.4 is 4.72 Å². The van der Waals surface area contributed by atoms with Crippen molar-refractivity contribution in [3.05, 3.63) is 45.9 Å². The fraction of sp³-hybridized carbons (Fsp3) is 0.267. The van der Waals surface area contributed by atoms with Gasteiger partial charge in [0.05, 0.1) is 21.5 Å². The number of nitrogens with zero attached hydrogens (tertiary/aromatic N) is 2. The molecule has 0 aliphatic heterocycles. The summed E-state index contributed by atoms with van der Waals surface area (Å²) in [7, 11) is -4.04. The van der Waals surface area contributed by atoms with E-state index >= 15 is 0 Å². The van der Waals surface area contributed by atoms with Crippen molar-refractivity contribution in [3.63, 3.8) is 0 Å². The number of hydrogen-bond donors (Lipinski definition) is 1. The van der Waals surface area contributed by atoms with Gasteiger partial charge in [0, 0.05) is 11.8 Å². The largest absolute Gasteiger partial charge is 0.284 e. The molecule has 120 valence electrons. The van der Waals surface area contributed by atoms with E-state index in [0.29, 0.717) is 5.92 Å². The molecule has 0 aliphatic rings. The first kappa shape index (κ1) is 17.1. The van der Waals surface area contributed by atoms with Gasteiger partial charge in [0.25, 0.3) is 15.9 Å². The zero-order valence-electron chi connectivity index (χ0n) is 12.6. The Kier molecular flexibility index (Phi) is 5.13. The fourth-order valence-electron chi connectivity index (χ4n) is 1.82. The molecule has 2 aromatic rings. The summed E-state index contributed by atoms with van der Waals surface area (Å²) in [4.78, 5) is 16.1. The summed E-state index contributed by atoms with van der Waals surface area (Å²) in [5.41, 5.74) is 0.277. The molecule has 0 unspecified atom stereocenters. The second kappa shape index (κ2) is 6.89. The molecule has 0 bridgehead atoms. The first-order chi connectivity index (χ1) is 10.8. The smallest absolute Gasteiger partial charge is 0.266 e. The van der Waals surface area contributed by atoms with Gasteiger partial charge in [-0.25, -0.2) is 18.1 Å². The van der Waals surface area contributed by atoms with Gasteiger partial charge in [0.1, 0.15) is 5.69 Å². The average molecular weight is 349 g/mol. The first-order valence-electron chi connectivity index (χ1n) is 6.83. The van der Waals surface area contributed by atoms with E-state index in [-0.39, 0.29) is 16.2 Å². The van der Waals surface area contributed by atoms with E-state index < -0.39 is 15.9 Å². The van der Waals surface area contributed by atoms with Crippen LogP contribution in [-0.4, -0.2) is 19.3 Å². The summed E-state index contributed by atoms with van der Waals surface area (Å²) in [6.45, 7) is 4.07. The third kappa shape index (κ3) is 4.37. The Morgan fingerprint density at radius 3 is 2.83 bits per heavy atom. The zero-order chi connectivity index (χ0) is 17.0. The van der Waals surface area contributed by atoms with Crippen LogP contribution in [-0.2, 0) is 16.4 Å². The number of aromatic nitrogens is 1. The van der Waals surface area contributed by atoms with E-state index in [1.54, 1.807) is 0 Å². The molecule has 0 saturated carbocycles. The van der Waals surface area contributed by atoms with Gasteiger partial charge in [-0.1, -0.05) is 19.9 Å². The van der Waals surface area contributed by atoms with Crippen LogP contribution in [0.5, 0.6) is 0 Å². The molecule has 1 N–H and O–H groups in total. The summed E-state index contributed by atoms with van der Waals surface area (Å²) in [6, 6.07) is 7.32. The lowest BCUT2D eigenvalue weighted by molar-refractivity contribution is 0.0977. The summed E-state index contributed by atoms with van der Waals surface area (Å²) in [5, 5.41) is 11.1. The van der Waals surface area contributed by atoms with E-state index in [0.717, 1.165) is 11.4 Å². The topological polar surface area (TPSA) is 99.9 Å². The van der Waals surface area contributed by atoms with Crippen LogP contribution in [0.3, 0.4) is 0 Å². The molecule has 0 spiro atoms. The number of carbonyl (C=O) groups is 1. The molecule has 8 heteroatoms. The molecular weight excluding hydrogens is 334 g/mol. The number of rotatable bonds is 5. The maximum Gasteiger partial charge on any atom is 0.284 e. The number of nitriles is 1. The normalized spacial score (nSPS) is 11.2. The number of benzene rings is 1. The van der Waals surface area contributed by atoms with E-state index in [1.165, 1.54) is 41.0 Å². The van der Waals surface area contributed by atoms with Crippen LogP contribution in [0.1, 0.15) is 34.9 Å². The molecule has 6 nitrogen and oxygen atoms in total. The number of carbonyl (C=O) groups excluding carboxylic acids is 1. The Bertz CT molecular complexity index is 864. The number of thiazole rings is 1. The summed E-state index contributed by atoms with van der Waals surface area (Å²) in [6.07, 6.45) is 0.731. The molecule has 0 saturated heterocycles. The average Bonchev–Trinajstić information content (AvgIpc) is 2.94. The van der Waals surface area contributed by atoms with Crippen LogP contribution in [0.15, 0.2) is 34.5 Å². The molecular formula is C15H15N3O3S2. The van der Waals surface area contributed by atoms with Crippen molar-refractivity contribution in [1.29, 1.82) is 5.26 Å². The monoisotopic (exact) mass is 349 g/mol. The number of hydrogen-bond acceptors (Lipinski definition) is 6. The van der Waals surface area contributed by atoms with Gasteiger partial charge < -0.3 is 0 Å². The molecule has 1 heterocycles. The summed E-state index contributed by atoms with van der Waals surface area (Å²) >= 11 is 1.32. The Labute approximate surface area is 138 Å². The summed E-state index contributed by atoms with van der Waals surface area (Å²) < 4.78 is 26.4. The maximum absolute atomic E-state index is 12.2. The molecule has 2 rings (SSSR count). The number of amides is 1. The molecule has 0 atom stereocenters. The van der Waals surface area contributed by atoms with Gasteiger partial charge in [-0.2, -0.15) is 5.26 Å². The molecule has 0 radical (unpaired) electrons. The third-order valence-electron chi connectivity index (χ3n) is 2.87. The Morgan fingerprint density at radius 1 is 1.43 bits per heavy atom. The number of nitrogens with one attached hydrogen (secondary N) is 1. The van der Waals surface area contributed by atoms with Gasteiger partial charge in [-0.05, 0) is 24.1 Å². The maximum atomic E-state index is 12.2.